The fourth-order valence-electron chi connectivity index (χ4n) is 1.78. The SMILES string of the molecule is O=C(O)NCCOc1ccc(S(=O)(=O)c2ccccc2)cc1. The van der Waals surface area contributed by atoms with Gasteiger partial charge < -0.3 is 15.2 Å². The van der Waals surface area contributed by atoms with Crippen LogP contribution in [-0.4, -0.2) is 32.8 Å². The summed E-state index contributed by atoms with van der Waals surface area (Å²) < 4.78 is 30.0. The summed E-state index contributed by atoms with van der Waals surface area (Å²) in [6.45, 7) is 0.316. The molecule has 0 spiro atoms. The minimum Gasteiger partial charge on any atom is -0.492 e. The molecule has 0 saturated carbocycles. The summed E-state index contributed by atoms with van der Waals surface area (Å²) in [6.07, 6.45) is -1.12. The third-order valence-corrected chi connectivity index (χ3v) is 4.62. The minimum absolute atomic E-state index is 0.152. The van der Waals surface area contributed by atoms with Gasteiger partial charge in [0.15, 0.2) is 0 Å². The lowest BCUT2D eigenvalue weighted by atomic mass is 10.3. The fourth-order valence-corrected chi connectivity index (χ4v) is 3.06. The Bertz CT molecular complexity index is 726. The van der Waals surface area contributed by atoms with Crippen molar-refractivity contribution in [3.8, 4) is 5.75 Å². The number of nitrogens with one attached hydrogen (secondary N) is 1. The number of sulfone groups is 1. The van der Waals surface area contributed by atoms with Crippen molar-refractivity contribution in [3.05, 3.63) is 54.6 Å². The van der Waals surface area contributed by atoms with Gasteiger partial charge in [0.25, 0.3) is 0 Å². The molecule has 0 heterocycles. The van der Waals surface area contributed by atoms with E-state index in [9.17, 15) is 13.2 Å². The summed E-state index contributed by atoms with van der Waals surface area (Å²) in [5.41, 5.74) is 0. The van der Waals surface area contributed by atoms with E-state index in [1.165, 1.54) is 36.4 Å². The van der Waals surface area contributed by atoms with Gasteiger partial charge in [-0.1, -0.05) is 18.2 Å². The Morgan fingerprint density at radius 2 is 1.59 bits per heavy atom. The van der Waals surface area contributed by atoms with Crippen molar-refractivity contribution in [2.24, 2.45) is 0 Å². The molecule has 0 bridgehead atoms. The lowest BCUT2D eigenvalue weighted by molar-refractivity contribution is 0.191. The minimum atomic E-state index is -3.54. The highest BCUT2D eigenvalue weighted by Crippen LogP contribution is 2.22. The number of ether oxygens (including phenoxy) is 1. The van der Waals surface area contributed by atoms with Gasteiger partial charge in [0.2, 0.25) is 9.84 Å². The second-order valence-electron chi connectivity index (χ2n) is 4.37. The zero-order valence-electron chi connectivity index (χ0n) is 11.6. The van der Waals surface area contributed by atoms with Crippen LogP contribution in [0.1, 0.15) is 0 Å². The lowest BCUT2D eigenvalue weighted by Gasteiger charge is -2.08. The number of benzene rings is 2. The zero-order valence-corrected chi connectivity index (χ0v) is 12.4. The van der Waals surface area contributed by atoms with Crippen LogP contribution in [-0.2, 0) is 9.84 Å². The normalized spacial score (nSPS) is 10.9. The summed E-state index contributed by atoms with van der Waals surface area (Å²) in [5.74, 6) is 0.471. The second-order valence-corrected chi connectivity index (χ2v) is 6.32. The molecule has 7 heteroatoms. The average molecular weight is 321 g/mol. The van der Waals surface area contributed by atoms with E-state index in [0.29, 0.717) is 5.75 Å². The predicted molar refractivity (Wildman–Crippen MR) is 79.9 cm³/mol. The highest BCUT2D eigenvalue weighted by molar-refractivity contribution is 7.91. The smallest absolute Gasteiger partial charge is 0.404 e. The lowest BCUT2D eigenvalue weighted by Crippen LogP contribution is -2.26. The van der Waals surface area contributed by atoms with Crippen molar-refractivity contribution in [1.29, 1.82) is 0 Å². The van der Waals surface area contributed by atoms with Crippen LogP contribution < -0.4 is 10.1 Å². The Hall–Kier alpha value is -2.54. The van der Waals surface area contributed by atoms with Gasteiger partial charge in [-0.05, 0) is 36.4 Å². The Balaban J connectivity index is 2.04. The number of carbonyl (C=O) groups is 1. The molecule has 22 heavy (non-hydrogen) atoms. The molecular formula is C15H15NO5S. The third-order valence-electron chi connectivity index (χ3n) is 2.83. The molecule has 0 aliphatic carbocycles. The molecule has 0 saturated heterocycles. The maximum atomic E-state index is 12.4. The van der Waals surface area contributed by atoms with Gasteiger partial charge in [0, 0.05) is 0 Å². The van der Waals surface area contributed by atoms with Gasteiger partial charge >= 0.3 is 6.09 Å². The van der Waals surface area contributed by atoms with Crippen LogP contribution in [0.15, 0.2) is 64.4 Å². The first-order chi connectivity index (χ1) is 10.5. The number of rotatable bonds is 6. The van der Waals surface area contributed by atoms with Crippen LogP contribution >= 0.6 is 0 Å². The van der Waals surface area contributed by atoms with E-state index < -0.39 is 15.9 Å². The van der Waals surface area contributed by atoms with Gasteiger partial charge in [-0.3, -0.25) is 0 Å². The molecule has 0 aliphatic rings. The molecular weight excluding hydrogens is 306 g/mol. The van der Waals surface area contributed by atoms with Crippen LogP contribution in [0, 0.1) is 0 Å². The van der Waals surface area contributed by atoms with E-state index in [2.05, 4.69) is 5.32 Å². The highest BCUT2D eigenvalue weighted by atomic mass is 32.2. The van der Waals surface area contributed by atoms with Crippen LogP contribution in [0.2, 0.25) is 0 Å². The fraction of sp³-hybridized carbons (Fsp3) is 0.133. The summed E-state index contributed by atoms with van der Waals surface area (Å²) in [7, 11) is -3.54. The van der Waals surface area contributed by atoms with E-state index >= 15 is 0 Å². The molecule has 0 fully saturated rings. The highest BCUT2D eigenvalue weighted by Gasteiger charge is 2.16. The van der Waals surface area contributed by atoms with Gasteiger partial charge in [0.1, 0.15) is 12.4 Å². The molecule has 2 aromatic rings. The molecule has 0 aliphatic heterocycles. The van der Waals surface area contributed by atoms with Crippen LogP contribution in [0.25, 0.3) is 0 Å². The van der Waals surface area contributed by atoms with Crippen molar-refractivity contribution in [3.63, 3.8) is 0 Å². The molecule has 0 unspecified atom stereocenters. The Kier molecular flexibility index (Phi) is 5.00. The first kappa shape index (κ1) is 15.8. The Morgan fingerprint density at radius 3 is 2.18 bits per heavy atom. The Morgan fingerprint density at radius 1 is 1.00 bits per heavy atom. The summed E-state index contributed by atoms with van der Waals surface area (Å²) >= 11 is 0. The van der Waals surface area contributed by atoms with E-state index in [4.69, 9.17) is 9.84 Å². The summed E-state index contributed by atoms with van der Waals surface area (Å²) in [4.78, 5) is 10.7. The molecule has 116 valence electrons. The molecule has 2 N–H and O–H groups in total. The summed E-state index contributed by atoms with van der Waals surface area (Å²) in [5, 5.41) is 10.6. The number of carboxylic acid groups (broad SMARTS) is 1. The van der Waals surface area contributed by atoms with E-state index in [1.54, 1.807) is 18.2 Å². The van der Waals surface area contributed by atoms with E-state index in [1.807, 2.05) is 0 Å². The van der Waals surface area contributed by atoms with Crippen molar-refractivity contribution < 1.29 is 23.1 Å². The maximum absolute atomic E-state index is 12.4. The standard InChI is InChI=1S/C15H15NO5S/c17-15(18)16-10-11-21-12-6-8-14(9-7-12)22(19,20)13-4-2-1-3-5-13/h1-9,16H,10-11H2,(H,17,18). The number of hydrogen-bond donors (Lipinski definition) is 2. The van der Waals surface area contributed by atoms with E-state index in [-0.39, 0.29) is 22.9 Å². The van der Waals surface area contributed by atoms with Crippen molar-refractivity contribution in [2.45, 2.75) is 9.79 Å². The molecule has 0 radical (unpaired) electrons. The number of amides is 1. The first-order valence-corrected chi connectivity index (χ1v) is 7.98. The molecule has 6 nitrogen and oxygen atoms in total. The molecule has 2 aromatic carbocycles. The zero-order chi connectivity index (χ0) is 16.0. The quantitative estimate of drug-likeness (QED) is 0.795. The largest absolute Gasteiger partial charge is 0.492 e. The maximum Gasteiger partial charge on any atom is 0.404 e. The van der Waals surface area contributed by atoms with Gasteiger partial charge in [0.05, 0.1) is 16.3 Å². The van der Waals surface area contributed by atoms with Gasteiger partial charge in [-0.25, -0.2) is 13.2 Å². The molecule has 0 atom stereocenters. The van der Waals surface area contributed by atoms with Gasteiger partial charge in [-0.2, -0.15) is 0 Å². The van der Waals surface area contributed by atoms with Gasteiger partial charge in [-0.15, -0.1) is 0 Å². The topological polar surface area (TPSA) is 92.7 Å². The van der Waals surface area contributed by atoms with Crippen molar-refractivity contribution >= 4 is 15.9 Å². The number of hydrogen-bond acceptors (Lipinski definition) is 4. The third kappa shape index (κ3) is 3.98. The van der Waals surface area contributed by atoms with E-state index in [0.717, 1.165) is 0 Å². The monoisotopic (exact) mass is 321 g/mol. The van der Waals surface area contributed by atoms with Crippen LogP contribution in [0.4, 0.5) is 4.79 Å². The average Bonchev–Trinajstić information content (AvgIpc) is 2.53. The first-order valence-electron chi connectivity index (χ1n) is 6.50. The Labute approximate surface area is 128 Å². The second kappa shape index (κ2) is 6.95. The van der Waals surface area contributed by atoms with Crippen molar-refractivity contribution in [1.82, 2.24) is 5.32 Å². The molecule has 1 amide bonds. The van der Waals surface area contributed by atoms with Crippen LogP contribution in [0.5, 0.6) is 5.75 Å². The summed E-state index contributed by atoms with van der Waals surface area (Å²) in [6, 6.07) is 14.2. The van der Waals surface area contributed by atoms with Crippen molar-refractivity contribution in [2.75, 3.05) is 13.2 Å². The van der Waals surface area contributed by atoms with Crippen LogP contribution in [0.3, 0.4) is 0 Å². The predicted octanol–water partition coefficient (Wildman–Crippen LogP) is 2.17. The molecule has 2 rings (SSSR count). The molecule has 0 aromatic heterocycles.